The lowest BCUT2D eigenvalue weighted by molar-refractivity contribution is -0.122. The maximum Gasteiger partial charge on any atom is 0.261 e. The molecule has 1 amide bonds. The second kappa shape index (κ2) is 10.6. The Bertz CT molecular complexity index is 1300. The summed E-state index contributed by atoms with van der Waals surface area (Å²) < 4.78 is 12.0. The van der Waals surface area contributed by atoms with Gasteiger partial charge in [0.05, 0.1) is 29.5 Å². The Balaban J connectivity index is 1.54. The molecular weight excluding hydrogens is 462 g/mol. The number of carbonyl (C=O) groups excluding carboxylic acids is 1. The van der Waals surface area contributed by atoms with E-state index in [0.29, 0.717) is 30.4 Å². The molecule has 0 spiro atoms. The third kappa shape index (κ3) is 5.23. The molecule has 36 heavy (non-hydrogen) atoms. The van der Waals surface area contributed by atoms with Crippen LogP contribution in [0.2, 0.25) is 0 Å². The van der Waals surface area contributed by atoms with Gasteiger partial charge in [0, 0.05) is 44.0 Å². The molecule has 0 saturated carbocycles. The normalized spacial score (nSPS) is 13.0. The average Bonchev–Trinajstić information content (AvgIpc) is 3.54. The van der Waals surface area contributed by atoms with E-state index in [1.807, 2.05) is 18.3 Å². The van der Waals surface area contributed by atoms with Crippen LogP contribution in [0.25, 0.3) is 22.7 Å². The van der Waals surface area contributed by atoms with Crippen LogP contribution < -0.4 is 11.1 Å². The van der Waals surface area contributed by atoms with E-state index < -0.39 is 5.41 Å². The fourth-order valence-corrected chi connectivity index (χ4v) is 3.67. The molecule has 0 aliphatic heterocycles. The summed E-state index contributed by atoms with van der Waals surface area (Å²) in [6.45, 7) is 7.21. The minimum absolute atomic E-state index is 0.0749. The van der Waals surface area contributed by atoms with Gasteiger partial charge in [0.2, 0.25) is 11.9 Å². The fourth-order valence-electron chi connectivity index (χ4n) is 3.67. The first-order valence-electron chi connectivity index (χ1n) is 11.5. The molecule has 0 aliphatic carbocycles. The molecule has 12 heteroatoms. The van der Waals surface area contributed by atoms with Gasteiger partial charge in [0.1, 0.15) is 6.54 Å². The van der Waals surface area contributed by atoms with E-state index in [2.05, 4.69) is 56.3 Å². The molecule has 0 radical (unpaired) electrons. The minimum atomic E-state index is -0.567. The van der Waals surface area contributed by atoms with Gasteiger partial charge in [-0.05, 0) is 24.5 Å². The summed E-state index contributed by atoms with van der Waals surface area (Å²) >= 11 is 0. The van der Waals surface area contributed by atoms with Crippen LogP contribution in [0.1, 0.15) is 32.2 Å². The van der Waals surface area contributed by atoms with Crippen molar-refractivity contribution in [3.05, 3.63) is 54.5 Å². The molecule has 1 unspecified atom stereocenters. The summed E-state index contributed by atoms with van der Waals surface area (Å²) in [7, 11) is 1.58. The Labute approximate surface area is 208 Å². The Morgan fingerprint density at radius 3 is 2.61 bits per heavy atom. The lowest BCUT2D eigenvalue weighted by Crippen LogP contribution is -2.31. The SMILES string of the molecule is COCCNC(=O)Cn1cc(-c2nc(C(C)(c3ccc(-c4cnc(N)nc4)nc3)C(C)C)no2)cn1. The number of ether oxygens (including phenoxy) is 1. The van der Waals surface area contributed by atoms with Crippen molar-refractivity contribution in [2.45, 2.75) is 32.7 Å². The first kappa shape index (κ1) is 24.9. The number of nitrogens with two attached hydrogens (primary N) is 1. The molecule has 0 bridgehead atoms. The maximum atomic E-state index is 12.0. The Morgan fingerprint density at radius 1 is 1.17 bits per heavy atom. The van der Waals surface area contributed by atoms with Crippen molar-refractivity contribution in [1.82, 2.24) is 40.2 Å². The highest BCUT2D eigenvalue weighted by Crippen LogP contribution is 2.38. The number of nitrogen functional groups attached to an aromatic ring is 1. The molecule has 4 rings (SSSR count). The van der Waals surface area contributed by atoms with Crippen molar-refractivity contribution in [1.29, 1.82) is 0 Å². The summed E-state index contributed by atoms with van der Waals surface area (Å²) in [5, 5.41) is 11.3. The van der Waals surface area contributed by atoms with Gasteiger partial charge >= 0.3 is 0 Å². The van der Waals surface area contributed by atoms with E-state index in [0.717, 1.165) is 16.8 Å². The number of hydrogen-bond acceptors (Lipinski definition) is 10. The van der Waals surface area contributed by atoms with Crippen LogP contribution >= 0.6 is 0 Å². The van der Waals surface area contributed by atoms with E-state index in [9.17, 15) is 4.79 Å². The Kier molecular flexibility index (Phi) is 7.34. The van der Waals surface area contributed by atoms with Gasteiger partial charge in [-0.3, -0.25) is 14.5 Å². The van der Waals surface area contributed by atoms with Crippen molar-refractivity contribution in [2.24, 2.45) is 5.92 Å². The summed E-state index contributed by atoms with van der Waals surface area (Å²) in [6, 6.07) is 3.91. The number of methoxy groups -OCH3 is 1. The largest absolute Gasteiger partial charge is 0.383 e. The number of pyridine rings is 1. The first-order chi connectivity index (χ1) is 17.3. The quantitative estimate of drug-likeness (QED) is 0.314. The van der Waals surface area contributed by atoms with Crippen molar-refractivity contribution in [3.8, 4) is 22.7 Å². The minimum Gasteiger partial charge on any atom is -0.383 e. The summed E-state index contributed by atoms with van der Waals surface area (Å²) in [5.41, 5.74) is 8.08. The van der Waals surface area contributed by atoms with Gasteiger partial charge < -0.3 is 20.3 Å². The second-order valence-electron chi connectivity index (χ2n) is 8.81. The zero-order valence-electron chi connectivity index (χ0n) is 20.7. The van der Waals surface area contributed by atoms with Gasteiger partial charge in [-0.2, -0.15) is 10.1 Å². The number of amides is 1. The van der Waals surface area contributed by atoms with Gasteiger partial charge in [-0.1, -0.05) is 25.1 Å². The predicted molar refractivity (Wildman–Crippen MR) is 131 cm³/mol. The number of hydrogen-bond donors (Lipinski definition) is 2. The molecule has 4 aromatic heterocycles. The van der Waals surface area contributed by atoms with Crippen LogP contribution in [-0.4, -0.2) is 61.0 Å². The predicted octanol–water partition coefficient (Wildman–Crippen LogP) is 2.09. The zero-order chi connectivity index (χ0) is 25.7. The van der Waals surface area contributed by atoms with Gasteiger partial charge in [-0.25, -0.2) is 9.97 Å². The molecule has 0 aromatic carbocycles. The summed E-state index contributed by atoms with van der Waals surface area (Å²) in [6.07, 6.45) is 8.38. The van der Waals surface area contributed by atoms with Gasteiger partial charge in [0.25, 0.3) is 5.89 Å². The highest BCUT2D eigenvalue weighted by Gasteiger charge is 2.38. The fraction of sp³-hybridized carbons (Fsp3) is 0.375. The highest BCUT2D eigenvalue weighted by molar-refractivity contribution is 5.75. The van der Waals surface area contributed by atoms with Crippen LogP contribution in [0.4, 0.5) is 5.95 Å². The van der Waals surface area contributed by atoms with Crippen molar-refractivity contribution in [2.75, 3.05) is 26.0 Å². The maximum absolute atomic E-state index is 12.0. The molecule has 0 fully saturated rings. The average molecular weight is 492 g/mol. The van der Waals surface area contributed by atoms with Crippen LogP contribution in [0.15, 0.2) is 47.6 Å². The summed E-state index contributed by atoms with van der Waals surface area (Å²) in [5.74, 6) is 1.04. The topological polar surface area (TPSA) is 160 Å². The molecule has 4 heterocycles. The lowest BCUT2D eigenvalue weighted by Gasteiger charge is -2.30. The van der Waals surface area contributed by atoms with E-state index in [-0.39, 0.29) is 24.3 Å². The van der Waals surface area contributed by atoms with E-state index >= 15 is 0 Å². The Morgan fingerprint density at radius 2 is 1.94 bits per heavy atom. The van der Waals surface area contributed by atoms with Crippen LogP contribution in [0.5, 0.6) is 0 Å². The van der Waals surface area contributed by atoms with Crippen molar-refractivity contribution in [3.63, 3.8) is 0 Å². The van der Waals surface area contributed by atoms with Crippen molar-refractivity contribution < 1.29 is 14.1 Å². The highest BCUT2D eigenvalue weighted by atomic mass is 16.5. The third-order valence-corrected chi connectivity index (χ3v) is 6.19. The Hall–Kier alpha value is -4.19. The number of nitrogens with zero attached hydrogens (tertiary/aromatic N) is 7. The molecule has 0 saturated heterocycles. The molecule has 4 aromatic rings. The van der Waals surface area contributed by atoms with Gasteiger partial charge in [-0.15, -0.1) is 0 Å². The third-order valence-electron chi connectivity index (χ3n) is 6.19. The molecular formula is C24H29N9O3. The van der Waals surface area contributed by atoms with E-state index in [4.69, 9.17) is 15.0 Å². The number of carbonyl (C=O) groups is 1. The lowest BCUT2D eigenvalue weighted by atomic mass is 9.73. The molecule has 3 N–H and O–H groups in total. The van der Waals surface area contributed by atoms with Crippen LogP contribution in [0, 0.1) is 5.92 Å². The monoisotopic (exact) mass is 491 g/mol. The first-order valence-corrected chi connectivity index (χ1v) is 11.5. The number of aromatic nitrogens is 7. The molecule has 0 aliphatic rings. The smallest absolute Gasteiger partial charge is 0.261 e. The molecule has 1 atom stereocenters. The van der Waals surface area contributed by atoms with Crippen LogP contribution in [-0.2, 0) is 21.5 Å². The summed E-state index contributed by atoms with van der Waals surface area (Å²) in [4.78, 5) is 29.4. The number of nitrogens with one attached hydrogen (secondary N) is 1. The number of anilines is 1. The van der Waals surface area contributed by atoms with Gasteiger partial charge in [0.15, 0.2) is 5.82 Å². The zero-order valence-corrected chi connectivity index (χ0v) is 20.7. The number of rotatable bonds is 10. The van der Waals surface area contributed by atoms with Crippen LogP contribution in [0.3, 0.4) is 0 Å². The second-order valence-corrected chi connectivity index (χ2v) is 8.81. The standard InChI is InChI=1S/C24H29N9O3/c1-15(2)24(3,18-5-6-19(27-12-18)16-9-28-23(25)29-10-16)22-31-21(36-32-22)17-11-30-33(13-17)14-20(34)26-7-8-35-4/h5-6,9-13,15H,7-8,14H2,1-4H3,(H,26,34)(H2,25,28,29). The van der Waals surface area contributed by atoms with Crippen molar-refractivity contribution >= 4 is 11.9 Å². The molecule has 12 nitrogen and oxygen atoms in total. The van der Waals surface area contributed by atoms with E-state index in [1.165, 1.54) is 4.68 Å². The van der Waals surface area contributed by atoms with E-state index in [1.54, 1.807) is 31.9 Å². The molecule has 188 valence electrons.